The van der Waals surface area contributed by atoms with Crippen molar-refractivity contribution < 1.29 is 13.2 Å². The minimum atomic E-state index is -4.40. The lowest BCUT2D eigenvalue weighted by atomic mass is 10.0. The van der Waals surface area contributed by atoms with E-state index >= 15 is 0 Å². The Labute approximate surface area is 126 Å². The van der Waals surface area contributed by atoms with E-state index in [4.69, 9.17) is 5.84 Å². The van der Waals surface area contributed by atoms with Crippen LogP contribution in [0.15, 0.2) is 34.8 Å². The first-order valence-electron chi connectivity index (χ1n) is 5.72. The minimum absolute atomic E-state index is 0.0203. The van der Waals surface area contributed by atoms with Crippen molar-refractivity contribution >= 4 is 27.3 Å². The molecule has 1 aromatic heterocycles. The van der Waals surface area contributed by atoms with Crippen molar-refractivity contribution in [2.75, 3.05) is 0 Å². The summed E-state index contributed by atoms with van der Waals surface area (Å²) in [6.07, 6.45) is -4.40. The standard InChI is InChI=1S/C13H12BrF3N2S/c1-7-2-5-11(20-7)12(19-18)8-3-4-10(14)9(6-8)13(15,16)17/h2-6,12,19H,18H2,1H3. The van der Waals surface area contributed by atoms with Gasteiger partial charge in [0, 0.05) is 14.2 Å². The fourth-order valence-corrected chi connectivity index (χ4v) is 3.33. The third kappa shape index (κ3) is 3.22. The molecular weight excluding hydrogens is 353 g/mol. The molecule has 0 aliphatic carbocycles. The van der Waals surface area contributed by atoms with Gasteiger partial charge in [-0.15, -0.1) is 11.3 Å². The van der Waals surface area contributed by atoms with E-state index in [0.717, 1.165) is 15.8 Å². The molecule has 20 heavy (non-hydrogen) atoms. The average Bonchev–Trinajstić information content (AvgIpc) is 2.77. The van der Waals surface area contributed by atoms with Gasteiger partial charge in [0.25, 0.3) is 0 Å². The molecule has 0 saturated carbocycles. The number of hydrogen-bond acceptors (Lipinski definition) is 3. The van der Waals surface area contributed by atoms with Gasteiger partial charge in [-0.1, -0.05) is 22.0 Å². The Balaban J connectivity index is 2.46. The highest BCUT2D eigenvalue weighted by Crippen LogP contribution is 2.37. The lowest BCUT2D eigenvalue weighted by Crippen LogP contribution is -2.28. The number of hydrogen-bond donors (Lipinski definition) is 2. The normalized spacial score (nSPS) is 13.5. The molecule has 108 valence electrons. The van der Waals surface area contributed by atoms with Gasteiger partial charge < -0.3 is 0 Å². The number of rotatable bonds is 3. The summed E-state index contributed by atoms with van der Waals surface area (Å²) in [5.41, 5.74) is 2.35. The number of halogens is 4. The predicted molar refractivity (Wildman–Crippen MR) is 77.4 cm³/mol. The minimum Gasteiger partial charge on any atom is -0.271 e. The third-order valence-electron chi connectivity index (χ3n) is 2.84. The van der Waals surface area contributed by atoms with E-state index in [2.05, 4.69) is 21.4 Å². The highest BCUT2D eigenvalue weighted by molar-refractivity contribution is 9.10. The van der Waals surface area contributed by atoms with Gasteiger partial charge in [-0.25, -0.2) is 5.43 Å². The number of alkyl halides is 3. The zero-order chi connectivity index (χ0) is 14.9. The summed E-state index contributed by atoms with van der Waals surface area (Å²) in [6, 6.07) is 7.45. The van der Waals surface area contributed by atoms with Crippen molar-refractivity contribution in [3.05, 3.63) is 55.7 Å². The van der Waals surface area contributed by atoms with Gasteiger partial charge in [0.1, 0.15) is 0 Å². The van der Waals surface area contributed by atoms with Gasteiger partial charge in [0.15, 0.2) is 0 Å². The smallest absolute Gasteiger partial charge is 0.271 e. The van der Waals surface area contributed by atoms with Crippen molar-refractivity contribution in [2.24, 2.45) is 5.84 Å². The van der Waals surface area contributed by atoms with Crippen LogP contribution in [0, 0.1) is 6.92 Å². The van der Waals surface area contributed by atoms with Crippen LogP contribution in [0.2, 0.25) is 0 Å². The molecule has 0 bridgehead atoms. The molecule has 0 spiro atoms. The van der Waals surface area contributed by atoms with E-state index in [1.54, 1.807) is 6.07 Å². The monoisotopic (exact) mass is 364 g/mol. The van der Waals surface area contributed by atoms with Gasteiger partial charge in [-0.2, -0.15) is 13.2 Å². The van der Waals surface area contributed by atoms with Crippen LogP contribution >= 0.6 is 27.3 Å². The molecule has 3 N–H and O–H groups in total. The van der Waals surface area contributed by atoms with Gasteiger partial charge in [-0.05, 0) is 36.8 Å². The molecule has 0 aliphatic rings. The number of thiophene rings is 1. The van der Waals surface area contributed by atoms with E-state index < -0.39 is 17.8 Å². The molecule has 0 fully saturated rings. The summed E-state index contributed by atoms with van der Waals surface area (Å²) >= 11 is 4.43. The summed E-state index contributed by atoms with van der Waals surface area (Å²) in [6.45, 7) is 1.93. The first-order valence-corrected chi connectivity index (χ1v) is 7.33. The molecule has 1 aromatic carbocycles. The summed E-state index contributed by atoms with van der Waals surface area (Å²) in [7, 11) is 0. The Hall–Kier alpha value is -0.890. The molecule has 2 nitrogen and oxygen atoms in total. The number of nitrogens with one attached hydrogen (secondary N) is 1. The van der Waals surface area contributed by atoms with Crippen molar-refractivity contribution in [3.63, 3.8) is 0 Å². The van der Waals surface area contributed by atoms with Crippen LogP contribution in [0.1, 0.15) is 26.9 Å². The van der Waals surface area contributed by atoms with E-state index in [0.29, 0.717) is 5.56 Å². The Morgan fingerprint density at radius 2 is 1.95 bits per heavy atom. The van der Waals surface area contributed by atoms with Gasteiger partial charge in [0.2, 0.25) is 0 Å². The Morgan fingerprint density at radius 3 is 2.45 bits per heavy atom. The Kier molecular flexibility index (Phi) is 4.53. The molecule has 0 amide bonds. The van der Waals surface area contributed by atoms with E-state index in [1.165, 1.54) is 17.4 Å². The topological polar surface area (TPSA) is 38.0 Å². The maximum Gasteiger partial charge on any atom is 0.417 e. The Morgan fingerprint density at radius 1 is 1.25 bits per heavy atom. The van der Waals surface area contributed by atoms with Crippen LogP contribution in [-0.4, -0.2) is 0 Å². The van der Waals surface area contributed by atoms with Crippen LogP contribution in [0.5, 0.6) is 0 Å². The van der Waals surface area contributed by atoms with Gasteiger partial charge in [-0.3, -0.25) is 5.84 Å². The lowest BCUT2D eigenvalue weighted by molar-refractivity contribution is -0.138. The molecule has 2 aromatic rings. The van der Waals surface area contributed by atoms with Crippen molar-refractivity contribution in [1.29, 1.82) is 0 Å². The molecular formula is C13H12BrF3N2S. The van der Waals surface area contributed by atoms with E-state index in [-0.39, 0.29) is 4.47 Å². The highest BCUT2D eigenvalue weighted by atomic mass is 79.9. The van der Waals surface area contributed by atoms with Crippen LogP contribution < -0.4 is 11.3 Å². The number of benzene rings is 1. The molecule has 2 rings (SSSR count). The van der Waals surface area contributed by atoms with Gasteiger partial charge in [0.05, 0.1) is 11.6 Å². The number of aryl methyl sites for hydroxylation is 1. The maximum absolute atomic E-state index is 12.9. The average molecular weight is 365 g/mol. The van der Waals surface area contributed by atoms with Crippen LogP contribution in [0.3, 0.4) is 0 Å². The zero-order valence-electron chi connectivity index (χ0n) is 10.5. The van der Waals surface area contributed by atoms with Crippen molar-refractivity contribution in [1.82, 2.24) is 5.43 Å². The zero-order valence-corrected chi connectivity index (χ0v) is 12.9. The highest BCUT2D eigenvalue weighted by Gasteiger charge is 2.33. The summed E-state index contributed by atoms with van der Waals surface area (Å²) in [5, 5.41) is 0. The predicted octanol–water partition coefficient (Wildman–Crippen LogP) is 4.39. The molecule has 1 atom stereocenters. The molecule has 0 saturated heterocycles. The van der Waals surface area contributed by atoms with Gasteiger partial charge >= 0.3 is 6.18 Å². The number of nitrogens with two attached hydrogens (primary N) is 1. The largest absolute Gasteiger partial charge is 0.417 e. The maximum atomic E-state index is 12.9. The summed E-state index contributed by atoms with van der Waals surface area (Å²) in [4.78, 5) is 1.95. The van der Waals surface area contributed by atoms with E-state index in [9.17, 15) is 13.2 Å². The molecule has 0 radical (unpaired) electrons. The fraction of sp³-hybridized carbons (Fsp3) is 0.231. The fourth-order valence-electron chi connectivity index (χ4n) is 1.89. The quantitative estimate of drug-likeness (QED) is 0.626. The second-order valence-electron chi connectivity index (χ2n) is 4.29. The van der Waals surface area contributed by atoms with Crippen molar-refractivity contribution in [2.45, 2.75) is 19.1 Å². The summed E-state index contributed by atoms with van der Waals surface area (Å²) < 4.78 is 38.8. The van der Waals surface area contributed by atoms with Crippen LogP contribution in [0.4, 0.5) is 13.2 Å². The van der Waals surface area contributed by atoms with Crippen LogP contribution in [0.25, 0.3) is 0 Å². The molecule has 1 heterocycles. The van der Waals surface area contributed by atoms with Crippen molar-refractivity contribution in [3.8, 4) is 0 Å². The van der Waals surface area contributed by atoms with E-state index in [1.807, 2.05) is 19.1 Å². The molecule has 0 aliphatic heterocycles. The summed E-state index contributed by atoms with van der Waals surface area (Å²) in [5.74, 6) is 5.51. The number of hydrazine groups is 1. The lowest BCUT2D eigenvalue weighted by Gasteiger charge is -2.17. The SMILES string of the molecule is Cc1ccc(C(NN)c2ccc(Br)c(C(F)(F)F)c2)s1. The molecule has 1 unspecified atom stereocenters. The molecule has 7 heteroatoms. The third-order valence-corrected chi connectivity index (χ3v) is 4.60. The Bertz CT molecular complexity index is 610. The second-order valence-corrected chi connectivity index (χ2v) is 6.46. The van der Waals surface area contributed by atoms with Crippen LogP contribution in [-0.2, 0) is 6.18 Å². The second kappa shape index (κ2) is 5.85. The first kappa shape index (κ1) is 15.5. The first-order chi connectivity index (χ1) is 9.32.